The van der Waals surface area contributed by atoms with Gasteiger partial charge in [-0.05, 0) is 0 Å². The van der Waals surface area contributed by atoms with Gasteiger partial charge in [0.1, 0.15) is 0 Å². The first-order valence-electron chi connectivity index (χ1n) is 2.21. The number of hydrogen-bond donors (Lipinski definition) is 1. The summed E-state index contributed by atoms with van der Waals surface area (Å²) in [7, 11) is 0. The van der Waals surface area contributed by atoms with Gasteiger partial charge in [-0.1, -0.05) is 0 Å². The lowest BCUT2D eigenvalue weighted by Gasteiger charge is -1.97. The fraction of sp³-hybridized carbons (Fsp3) is 0.750. The zero-order valence-electron chi connectivity index (χ0n) is 4.61. The highest BCUT2D eigenvalue weighted by atomic mass is 35.5. The van der Waals surface area contributed by atoms with Crippen molar-refractivity contribution in [3.63, 3.8) is 0 Å². The monoisotopic (exact) mass is 137 g/mol. The maximum Gasteiger partial charge on any atom is 0.240 e. The second-order valence-electron chi connectivity index (χ2n) is 1.20. The molecule has 48 valence electrons. The van der Waals surface area contributed by atoms with Crippen molar-refractivity contribution in [1.82, 2.24) is 5.48 Å². The molecule has 0 aromatic heterocycles. The number of carbonyl (C=O) groups is 1. The molecule has 3 nitrogen and oxygen atoms in total. The predicted octanol–water partition coefficient (Wildman–Crippen LogP) is 0.293. The molecule has 0 bridgehead atoms. The lowest BCUT2D eigenvalue weighted by Crippen LogP contribution is -2.21. The summed E-state index contributed by atoms with van der Waals surface area (Å²) in [5.41, 5.74) is 2.12. The van der Waals surface area contributed by atoms with Crippen LogP contribution in [0.4, 0.5) is 0 Å². The quantitative estimate of drug-likeness (QED) is 0.345. The van der Waals surface area contributed by atoms with Gasteiger partial charge in [-0.3, -0.25) is 9.63 Å². The van der Waals surface area contributed by atoms with E-state index >= 15 is 0 Å². The fourth-order valence-electron chi connectivity index (χ4n) is 0.191. The Hall–Kier alpha value is -0.280. The summed E-state index contributed by atoms with van der Waals surface area (Å²) in [6.07, 6.45) is 0. The third kappa shape index (κ3) is 5.72. The number of hydroxylamine groups is 1. The summed E-state index contributed by atoms with van der Waals surface area (Å²) in [6.45, 7) is 1.72. The van der Waals surface area contributed by atoms with Gasteiger partial charge in [0, 0.05) is 12.8 Å². The van der Waals surface area contributed by atoms with E-state index in [-0.39, 0.29) is 5.91 Å². The molecule has 0 aromatic rings. The largest absolute Gasteiger partial charge is 0.273 e. The molecule has 1 N–H and O–H groups in total. The van der Waals surface area contributed by atoms with Crippen molar-refractivity contribution in [3.8, 4) is 0 Å². The zero-order chi connectivity index (χ0) is 6.41. The van der Waals surface area contributed by atoms with Crippen LogP contribution in [0.1, 0.15) is 6.92 Å². The van der Waals surface area contributed by atoms with Crippen LogP contribution in [-0.4, -0.2) is 18.4 Å². The van der Waals surface area contributed by atoms with Crippen LogP contribution in [0.5, 0.6) is 0 Å². The standard InChI is InChI=1S/C4H8ClNO2/c1-4(7)6-8-3-2-5/h2-3H2,1H3,(H,6,7). The van der Waals surface area contributed by atoms with Crippen LogP contribution in [0.25, 0.3) is 0 Å². The number of amides is 1. The van der Waals surface area contributed by atoms with Gasteiger partial charge in [0.05, 0.1) is 6.61 Å². The second-order valence-corrected chi connectivity index (χ2v) is 1.57. The van der Waals surface area contributed by atoms with Gasteiger partial charge in [-0.15, -0.1) is 11.6 Å². The summed E-state index contributed by atoms with van der Waals surface area (Å²) < 4.78 is 0. The van der Waals surface area contributed by atoms with Gasteiger partial charge in [0.15, 0.2) is 0 Å². The minimum atomic E-state index is -0.213. The van der Waals surface area contributed by atoms with E-state index in [0.29, 0.717) is 12.5 Å². The minimum absolute atomic E-state index is 0.213. The molecule has 0 aliphatic carbocycles. The first kappa shape index (κ1) is 7.72. The number of nitrogens with one attached hydrogen (secondary N) is 1. The molecule has 0 spiro atoms. The third-order valence-corrected chi connectivity index (χ3v) is 0.549. The fourth-order valence-corrected chi connectivity index (χ4v) is 0.268. The van der Waals surface area contributed by atoms with Gasteiger partial charge < -0.3 is 0 Å². The van der Waals surface area contributed by atoms with E-state index in [9.17, 15) is 4.79 Å². The van der Waals surface area contributed by atoms with Gasteiger partial charge in [-0.2, -0.15) is 0 Å². The summed E-state index contributed by atoms with van der Waals surface area (Å²) in [6, 6.07) is 0. The molecule has 0 saturated carbocycles. The van der Waals surface area contributed by atoms with E-state index in [4.69, 9.17) is 11.6 Å². The predicted molar refractivity (Wildman–Crippen MR) is 30.5 cm³/mol. The van der Waals surface area contributed by atoms with Crippen LogP contribution in [0, 0.1) is 0 Å². The summed E-state index contributed by atoms with van der Waals surface area (Å²) in [5.74, 6) is 0.176. The van der Waals surface area contributed by atoms with Gasteiger partial charge in [-0.25, -0.2) is 5.48 Å². The SMILES string of the molecule is CC(=O)NOCCCl. The third-order valence-electron chi connectivity index (χ3n) is 0.395. The summed E-state index contributed by atoms with van der Waals surface area (Å²) in [4.78, 5) is 14.6. The van der Waals surface area contributed by atoms with Crippen molar-refractivity contribution in [2.24, 2.45) is 0 Å². The number of rotatable bonds is 3. The molecule has 4 heteroatoms. The van der Waals surface area contributed by atoms with Crippen molar-refractivity contribution < 1.29 is 9.63 Å². The Morgan fingerprint density at radius 3 is 2.88 bits per heavy atom. The van der Waals surface area contributed by atoms with Crippen molar-refractivity contribution in [2.75, 3.05) is 12.5 Å². The number of hydrogen-bond acceptors (Lipinski definition) is 2. The molecule has 1 amide bonds. The average molecular weight is 138 g/mol. The molecule has 0 atom stereocenters. The average Bonchev–Trinajstić information content (AvgIpc) is 1.66. The van der Waals surface area contributed by atoms with Crippen LogP contribution < -0.4 is 5.48 Å². The first-order chi connectivity index (χ1) is 3.77. The highest BCUT2D eigenvalue weighted by Gasteiger charge is 1.86. The highest BCUT2D eigenvalue weighted by Crippen LogP contribution is 1.73. The summed E-state index contributed by atoms with van der Waals surface area (Å²) >= 11 is 5.21. The van der Waals surface area contributed by atoms with Crippen LogP contribution in [0.2, 0.25) is 0 Å². The molecule has 0 fully saturated rings. The molecule has 0 aliphatic heterocycles. The Kier molecular flexibility index (Phi) is 4.70. The van der Waals surface area contributed by atoms with Crippen LogP contribution in [0.15, 0.2) is 0 Å². The van der Waals surface area contributed by atoms with E-state index in [1.165, 1.54) is 6.92 Å². The van der Waals surface area contributed by atoms with Crippen LogP contribution >= 0.6 is 11.6 Å². The summed E-state index contributed by atoms with van der Waals surface area (Å²) in [5, 5.41) is 0. The van der Waals surface area contributed by atoms with Crippen LogP contribution in [-0.2, 0) is 9.63 Å². The molecule has 0 aromatic carbocycles. The lowest BCUT2D eigenvalue weighted by atomic mass is 10.8. The molecule has 8 heavy (non-hydrogen) atoms. The van der Waals surface area contributed by atoms with E-state index < -0.39 is 0 Å². The van der Waals surface area contributed by atoms with Crippen molar-refractivity contribution in [3.05, 3.63) is 0 Å². The number of carbonyl (C=O) groups excluding carboxylic acids is 1. The molecular formula is C4H8ClNO2. The second kappa shape index (κ2) is 4.87. The Morgan fingerprint density at radius 2 is 2.50 bits per heavy atom. The number of halogens is 1. The normalized spacial score (nSPS) is 8.75. The Balaban J connectivity index is 2.82. The van der Waals surface area contributed by atoms with E-state index in [2.05, 4.69) is 10.3 Å². The van der Waals surface area contributed by atoms with E-state index in [0.717, 1.165) is 0 Å². The Morgan fingerprint density at radius 1 is 1.88 bits per heavy atom. The molecular weight excluding hydrogens is 130 g/mol. The minimum Gasteiger partial charge on any atom is -0.273 e. The smallest absolute Gasteiger partial charge is 0.240 e. The molecule has 0 radical (unpaired) electrons. The highest BCUT2D eigenvalue weighted by molar-refractivity contribution is 6.17. The van der Waals surface area contributed by atoms with E-state index in [1.807, 2.05) is 0 Å². The Bertz CT molecular complexity index is 76.4. The molecule has 0 unspecified atom stereocenters. The Labute approximate surface area is 52.9 Å². The van der Waals surface area contributed by atoms with E-state index in [1.54, 1.807) is 0 Å². The van der Waals surface area contributed by atoms with Crippen molar-refractivity contribution in [1.29, 1.82) is 0 Å². The van der Waals surface area contributed by atoms with Gasteiger partial charge in [0.2, 0.25) is 5.91 Å². The van der Waals surface area contributed by atoms with Gasteiger partial charge >= 0.3 is 0 Å². The van der Waals surface area contributed by atoms with Crippen LogP contribution in [0.3, 0.4) is 0 Å². The first-order valence-corrected chi connectivity index (χ1v) is 2.75. The molecule has 0 rings (SSSR count). The maximum atomic E-state index is 10.0. The van der Waals surface area contributed by atoms with Crippen molar-refractivity contribution >= 4 is 17.5 Å². The molecule has 0 aliphatic rings. The zero-order valence-corrected chi connectivity index (χ0v) is 5.36. The topological polar surface area (TPSA) is 38.3 Å². The van der Waals surface area contributed by atoms with Gasteiger partial charge in [0.25, 0.3) is 0 Å². The maximum absolute atomic E-state index is 10.0. The molecule has 0 saturated heterocycles. The molecule has 0 heterocycles. The number of alkyl halides is 1. The van der Waals surface area contributed by atoms with Crippen molar-refractivity contribution in [2.45, 2.75) is 6.92 Å². The lowest BCUT2D eigenvalue weighted by molar-refractivity contribution is -0.130.